The van der Waals surface area contributed by atoms with E-state index in [0.717, 1.165) is 42.3 Å². The van der Waals surface area contributed by atoms with Crippen LogP contribution in [0.1, 0.15) is 56.8 Å². The molecule has 0 bridgehead atoms. The van der Waals surface area contributed by atoms with Gasteiger partial charge in [-0.2, -0.15) is 0 Å². The molecule has 0 saturated heterocycles. The lowest BCUT2D eigenvalue weighted by molar-refractivity contribution is -0.123. The number of carbonyl (C=O) groups excluding carboxylic acids is 1. The second-order valence-corrected chi connectivity index (χ2v) is 8.62. The molecule has 158 valence electrons. The van der Waals surface area contributed by atoms with Gasteiger partial charge in [0.2, 0.25) is 5.91 Å². The van der Waals surface area contributed by atoms with Crippen molar-refractivity contribution >= 4 is 28.6 Å². The molecular formula is C23H28N4O3. The molecule has 0 radical (unpaired) electrons. The first-order valence-electron chi connectivity index (χ1n) is 10.6. The summed E-state index contributed by atoms with van der Waals surface area (Å²) in [5, 5.41) is 15.5. The van der Waals surface area contributed by atoms with Gasteiger partial charge >= 0.3 is 5.97 Å². The van der Waals surface area contributed by atoms with Gasteiger partial charge in [-0.15, -0.1) is 5.10 Å². The standard InChI is InChI=1S/C23H28N4O3/c1-14(2)27(22(28)17-6-4-15(3)5-7-17)21-19(23(29)30)13-26(25-21)18-9-8-16-10-11-24-20(16)12-18/h8-15,17,24H,4-7H2,1-3H3,(H,29,30). The normalized spacial score (nSPS) is 19.3. The van der Waals surface area contributed by atoms with Crippen molar-refractivity contribution in [2.45, 2.75) is 52.5 Å². The van der Waals surface area contributed by atoms with Gasteiger partial charge in [-0.05, 0) is 69.0 Å². The molecule has 1 saturated carbocycles. The summed E-state index contributed by atoms with van der Waals surface area (Å²) >= 11 is 0. The monoisotopic (exact) mass is 408 g/mol. The summed E-state index contributed by atoms with van der Waals surface area (Å²) in [5.41, 5.74) is 1.71. The van der Waals surface area contributed by atoms with Gasteiger partial charge in [0.1, 0.15) is 5.56 Å². The number of carboxylic acids is 1. The molecule has 1 aliphatic carbocycles. The van der Waals surface area contributed by atoms with Crippen LogP contribution in [-0.2, 0) is 4.79 Å². The molecule has 0 aliphatic heterocycles. The van der Waals surface area contributed by atoms with E-state index in [2.05, 4.69) is 17.0 Å². The van der Waals surface area contributed by atoms with Crippen LogP contribution in [0.4, 0.5) is 5.82 Å². The predicted molar refractivity (Wildman–Crippen MR) is 116 cm³/mol. The number of hydrogen-bond acceptors (Lipinski definition) is 3. The van der Waals surface area contributed by atoms with E-state index in [-0.39, 0.29) is 29.2 Å². The molecule has 1 fully saturated rings. The number of aromatic amines is 1. The predicted octanol–water partition coefficient (Wildman–Crippen LogP) is 4.62. The van der Waals surface area contributed by atoms with E-state index in [9.17, 15) is 14.7 Å². The van der Waals surface area contributed by atoms with E-state index in [0.29, 0.717) is 5.92 Å². The molecule has 7 nitrogen and oxygen atoms in total. The fourth-order valence-electron chi connectivity index (χ4n) is 4.31. The number of rotatable bonds is 5. The summed E-state index contributed by atoms with van der Waals surface area (Å²) in [7, 11) is 0. The first kappa shape index (κ1) is 20.2. The van der Waals surface area contributed by atoms with E-state index >= 15 is 0 Å². The molecule has 1 aliphatic rings. The Hall–Kier alpha value is -3.09. The number of aromatic carboxylic acids is 1. The van der Waals surface area contributed by atoms with Crippen LogP contribution >= 0.6 is 0 Å². The Kier molecular flexibility index (Phi) is 5.37. The SMILES string of the molecule is CC1CCC(C(=O)N(c2nn(-c3ccc4cc[nH]c4c3)cc2C(=O)O)C(C)C)CC1. The van der Waals surface area contributed by atoms with Crippen molar-refractivity contribution < 1.29 is 14.7 Å². The average molecular weight is 409 g/mol. The Labute approximate surface area is 175 Å². The molecular weight excluding hydrogens is 380 g/mol. The molecule has 2 N–H and O–H groups in total. The molecule has 2 aromatic heterocycles. The Morgan fingerprint density at radius 1 is 1.20 bits per heavy atom. The number of aromatic nitrogens is 3. The number of nitrogens with one attached hydrogen (secondary N) is 1. The molecule has 0 atom stereocenters. The number of nitrogens with zero attached hydrogens (tertiary/aromatic N) is 3. The van der Waals surface area contributed by atoms with Gasteiger partial charge in [-0.25, -0.2) is 9.48 Å². The van der Waals surface area contributed by atoms with Gasteiger partial charge in [-0.1, -0.05) is 13.0 Å². The smallest absolute Gasteiger partial charge is 0.341 e. The third-order valence-corrected chi connectivity index (χ3v) is 6.08. The van der Waals surface area contributed by atoms with Gasteiger partial charge in [0.15, 0.2) is 5.82 Å². The molecule has 7 heteroatoms. The van der Waals surface area contributed by atoms with E-state index in [1.807, 2.05) is 44.3 Å². The zero-order chi connectivity index (χ0) is 21.4. The van der Waals surface area contributed by atoms with Crippen molar-refractivity contribution in [3.8, 4) is 5.69 Å². The number of carboxylic acid groups (broad SMARTS) is 1. The summed E-state index contributed by atoms with van der Waals surface area (Å²) in [6.45, 7) is 6.02. The number of H-pyrrole nitrogens is 1. The van der Waals surface area contributed by atoms with Crippen LogP contribution in [0, 0.1) is 11.8 Å². The van der Waals surface area contributed by atoms with Crippen LogP contribution in [0.25, 0.3) is 16.6 Å². The molecule has 3 aromatic rings. The maximum Gasteiger partial charge on any atom is 0.341 e. The van der Waals surface area contributed by atoms with Crippen LogP contribution in [0.2, 0.25) is 0 Å². The average Bonchev–Trinajstić information content (AvgIpc) is 3.35. The zero-order valence-electron chi connectivity index (χ0n) is 17.6. The number of benzene rings is 1. The van der Waals surface area contributed by atoms with Crippen LogP contribution in [0.15, 0.2) is 36.7 Å². The highest BCUT2D eigenvalue weighted by Crippen LogP contribution is 2.33. The fraction of sp³-hybridized carbons (Fsp3) is 0.435. The van der Waals surface area contributed by atoms with E-state index in [4.69, 9.17) is 0 Å². The van der Waals surface area contributed by atoms with Gasteiger partial charge in [0, 0.05) is 29.9 Å². The first-order valence-corrected chi connectivity index (χ1v) is 10.6. The molecule has 1 aromatic carbocycles. The minimum Gasteiger partial charge on any atom is -0.477 e. The molecule has 0 unspecified atom stereocenters. The van der Waals surface area contributed by atoms with Crippen LogP contribution < -0.4 is 4.90 Å². The highest BCUT2D eigenvalue weighted by Gasteiger charge is 2.34. The Bertz CT molecular complexity index is 1070. The van der Waals surface area contributed by atoms with Gasteiger partial charge in [-0.3, -0.25) is 9.69 Å². The number of amides is 1. The third kappa shape index (κ3) is 3.72. The molecule has 1 amide bonds. The van der Waals surface area contributed by atoms with Crippen molar-refractivity contribution in [1.29, 1.82) is 0 Å². The van der Waals surface area contributed by atoms with E-state index in [1.165, 1.54) is 6.20 Å². The maximum absolute atomic E-state index is 13.4. The van der Waals surface area contributed by atoms with Crippen molar-refractivity contribution in [3.05, 3.63) is 42.2 Å². The Morgan fingerprint density at radius 2 is 1.93 bits per heavy atom. The van der Waals surface area contributed by atoms with Gasteiger partial charge < -0.3 is 10.1 Å². The Morgan fingerprint density at radius 3 is 2.60 bits per heavy atom. The lowest BCUT2D eigenvalue weighted by Crippen LogP contribution is -2.43. The van der Waals surface area contributed by atoms with Gasteiger partial charge in [0.25, 0.3) is 0 Å². The third-order valence-electron chi connectivity index (χ3n) is 6.08. The van der Waals surface area contributed by atoms with Crippen molar-refractivity contribution in [3.63, 3.8) is 0 Å². The topological polar surface area (TPSA) is 91.2 Å². The highest BCUT2D eigenvalue weighted by molar-refractivity contribution is 6.01. The molecule has 4 rings (SSSR count). The summed E-state index contributed by atoms with van der Waals surface area (Å²) in [5.74, 6) is -0.339. The second-order valence-electron chi connectivity index (χ2n) is 8.62. The summed E-state index contributed by atoms with van der Waals surface area (Å²) in [4.78, 5) is 30.1. The van der Waals surface area contributed by atoms with Crippen LogP contribution in [0.5, 0.6) is 0 Å². The molecule has 30 heavy (non-hydrogen) atoms. The number of hydrogen-bond donors (Lipinski definition) is 2. The largest absolute Gasteiger partial charge is 0.477 e. The maximum atomic E-state index is 13.4. The summed E-state index contributed by atoms with van der Waals surface area (Å²) in [6.07, 6.45) is 7.09. The molecule has 0 spiro atoms. The number of anilines is 1. The zero-order valence-corrected chi connectivity index (χ0v) is 17.6. The van der Waals surface area contributed by atoms with E-state index < -0.39 is 5.97 Å². The highest BCUT2D eigenvalue weighted by atomic mass is 16.4. The first-order chi connectivity index (χ1) is 14.3. The number of fused-ring (bicyclic) bond motifs is 1. The summed E-state index contributed by atoms with van der Waals surface area (Å²) in [6, 6.07) is 7.55. The lowest BCUT2D eigenvalue weighted by Gasteiger charge is -2.32. The van der Waals surface area contributed by atoms with Crippen LogP contribution in [0.3, 0.4) is 0 Å². The fourth-order valence-corrected chi connectivity index (χ4v) is 4.31. The second kappa shape index (κ2) is 7.97. The number of carbonyl (C=O) groups is 2. The Balaban J connectivity index is 1.73. The van der Waals surface area contributed by atoms with Crippen LogP contribution in [-0.4, -0.2) is 37.8 Å². The minimum absolute atomic E-state index is 0.0236. The minimum atomic E-state index is -1.09. The van der Waals surface area contributed by atoms with Crippen molar-refractivity contribution in [2.24, 2.45) is 11.8 Å². The summed E-state index contributed by atoms with van der Waals surface area (Å²) < 4.78 is 1.55. The quantitative estimate of drug-likeness (QED) is 0.644. The molecule has 2 heterocycles. The lowest BCUT2D eigenvalue weighted by atomic mass is 9.82. The van der Waals surface area contributed by atoms with Crippen molar-refractivity contribution in [1.82, 2.24) is 14.8 Å². The van der Waals surface area contributed by atoms with Gasteiger partial charge in [0.05, 0.1) is 5.69 Å². The van der Waals surface area contributed by atoms with E-state index in [1.54, 1.807) is 9.58 Å². The van der Waals surface area contributed by atoms with Crippen molar-refractivity contribution in [2.75, 3.05) is 4.90 Å².